The number of aromatic nitrogens is 2. The van der Waals surface area contributed by atoms with E-state index in [0.717, 1.165) is 29.9 Å². The predicted octanol–water partition coefficient (Wildman–Crippen LogP) is 1.82. The summed E-state index contributed by atoms with van der Waals surface area (Å²) in [7, 11) is 0. The second-order valence-electron chi connectivity index (χ2n) is 7.45. The molecule has 8 heteroatoms. The summed E-state index contributed by atoms with van der Waals surface area (Å²) in [6.07, 6.45) is 3.09. The highest BCUT2D eigenvalue weighted by Crippen LogP contribution is 2.32. The predicted molar refractivity (Wildman–Crippen MR) is 97.9 cm³/mol. The molecule has 2 aromatic heterocycles. The summed E-state index contributed by atoms with van der Waals surface area (Å²) in [4.78, 5) is 33.6. The van der Waals surface area contributed by atoms with Crippen molar-refractivity contribution in [3.63, 3.8) is 0 Å². The van der Waals surface area contributed by atoms with E-state index in [1.54, 1.807) is 11.0 Å². The van der Waals surface area contributed by atoms with Gasteiger partial charge in [-0.2, -0.15) is 5.26 Å². The number of carbonyl (C=O) groups excluding carboxylic acids is 2. The van der Waals surface area contributed by atoms with Gasteiger partial charge in [-0.3, -0.25) is 9.59 Å². The highest BCUT2D eigenvalue weighted by molar-refractivity contribution is 5.94. The first kappa shape index (κ1) is 18.2. The maximum absolute atomic E-state index is 13.0. The molecule has 0 radical (unpaired) electrons. The van der Waals surface area contributed by atoms with Crippen molar-refractivity contribution in [2.24, 2.45) is 5.92 Å². The highest BCUT2D eigenvalue weighted by Gasteiger charge is 2.42. The Kier molecular flexibility index (Phi) is 4.59. The summed E-state index contributed by atoms with van der Waals surface area (Å²) in [6.45, 7) is 5.09. The largest absolute Gasteiger partial charge is 0.361 e. The molecular weight excluding hydrogens is 358 g/mol. The van der Waals surface area contributed by atoms with Gasteiger partial charge in [-0.25, -0.2) is 4.98 Å². The first-order chi connectivity index (χ1) is 13.5. The third-order valence-corrected chi connectivity index (χ3v) is 5.72. The monoisotopic (exact) mass is 379 g/mol. The molecule has 2 aromatic rings. The zero-order valence-corrected chi connectivity index (χ0v) is 15.9. The Morgan fingerprint density at radius 2 is 2.14 bits per heavy atom. The molecule has 2 amide bonds. The average molecular weight is 379 g/mol. The van der Waals surface area contributed by atoms with Gasteiger partial charge in [0.05, 0.1) is 23.7 Å². The molecule has 5 heterocycles. The molecular formula is C20H21N5O3. The zero-order chi connectivity index (χ0) is 19.8. The lowest BCUT2D eigenvalue weighted by atomic mass is 9.93. The Morgan fingerprint density at radius 3 is 2.79 bits per heavy atom. The molecule has 0 spiro atoms. The van der Waals surface area contributed by atoms with Crippen molar-refractivity contribution in [2.75, 3.05) is 13.1 Å². The number of fused-ring (bicyclic) bond motifs is 4. The van der Waals surface area contributed by atoms with Crippen LogP contribution in [0, 0.1) is 31.1 Å². The van der Waals surface area contributed by atoms with Crippen molar-refractivity contribution < 1.29 is 14.1 Å². The van der Waals surface area contributed by atoms with Crippen LogP contribution in [-0.4, -0.2) is 50.9 Å². The van der Waals surface area contributed by atoms with Gasteiger partial charge in [0.2, 0.25) is 5.91 Å². The number of aryl methyl sites for hydroxylation is 2. The molecule has 3 saturated heterocycles. The molecule has 2 atom stereocenters. The fourth-order valence-electron chi connectivity index (χ4n) is 4.08. The standard InChI is InChI=1S/C20H21N5O3/c1-12-18(13(2)28-23-12)11-25-17-6-4-15(20(25)27)9-24(10-17)19(26)14-3-5-16(7-21)22-8-14/h3,5,8,15,17H,4,6,9-11H2,1-2H3/t15-,17+/m0/s1. The first-order valence-corrected chi connectivity index (χ1v) is 9.35. The van der Waals surface area contributed by atoms with E-state index in [-0.39, 0.29) is 29.5 Å². The number of hydrogen-bond donors (Lipinski definition) is 0. The normalized spacial score (nSPS) is 21.5. The number of piperidine rings is 1. The molecule has 3 fully saturated rings. The van der Waals surface area contributed by atoms with Crippen molar-refractivity contribution in [3.8, 4) is 6.07 Å². The van der Waals surface area contributed by atoms with Crippen LogP contribution in [0.3, 0.4) is 0 Å². The van der Waals surface area contributed by atoms with Crippen molar-refractivity contribution in [1.82, 2.24) is 19.9 Å². The molecule has 3 aliphatic heterocycles. The van der Waals surface area contributed by atoms with E-state index in [0.29, 0.717) is 25.2 Å². The van der Waals surface area contributed by atoms with Crippen molar-refractivity contribution in [3.05, 3.63) is 46.6 Å². The van der Waals surface area contributed by atoms with E-state index in [9.17, 15) is 9.59 Å². The van der Waals surface area contributed by atoms with Crippen LogP contribution >= 0.6 is 0 Å². The summed E-state index contributed by atoms with van der Waals surface area (Å²) in [5.41, 5.74) is 2.44. The average Bonchev–Trinajstić information content (AvgIpc) is 2.88. The molecule has 28 heavy (non-hydrogen) atoms. The van der Waals surface area contributed by atoms with E-state index >= 15 is 0 Å². The number of hydrogen-bond acceptors (Lipinski definition) is 6. The highest BCUT2D eigenvalue weighted by atomic mass is 16.5. The Labute approximate surface area is 162 Å². The molecule has 8 nitrogen and oxygen atoms in total. The number of carbonyl (C=O) groups is 2. The Bertz CT molecular complexity index is 940. The number of pyridine rings is 1. The lowest BCUT2D eigenvalue weighted by Gasteiger charge is -2.35. The molecule has 0 aromatic carbocycles. The van der Waals surface area contributed by atoms with Crippen LogP contribution in [0.5, 0.6) is 0 Å². The first-order valence-electron chi connectivity index (χ1n) is 9.35. The van der Waals surface area contributed by atoms with Gasteiger partial charge in [0.25, 0.3) is 5.91 Å². The molecule has 0 saturated carbocycles. The maximum Gasteiger partial charge on any atom is 0.255 e. The van der Waals surface area contributed by atoms with Crippen LogP contribution in [0.4, 0.5) is 0 Å². The van der Waals surface area contributed by atoms with Gasteiger partial charge in [-0.1, -0.05) is 5.16 Å². The summed E-state index contributed by atoms with van der Waals surface area (Å²) in [5, 5.41) is 12.9. The van der Waals surface area contributed by atoms with E-state index in [1.165, 1.54) is 12.3 Å². The second-order valence-corrected chi connectivity index (χ2v) is 7.45. The van der Waals surface area contributed by atoms with Crippen LogP contribution in [0.15, 0.2) is 22.9 Å². The van der Waals surface area contributed by atoms with E-state index in [2.05, 4.69) is 10.1 Å². The fourth-order valence-corrected chi connectivity index (χ4v) is 4.08. The summed E-state index contributed by atoms with van der Waals surface area (Å²) in [5.74, 6) is 0.460. The molecule has 144 valence electrons. The minimum Gasteiger partial charge on any atom is -0.361 e. The van der Waals surface area contributed by atoms with Gasteiger partial charge in [0.1, 0.15) is 17.5 Å². The van der Waals surface area contributed by atoms with Crippen molar-refractivity contribution >= 4 is 11.8 Å². The summed E-state index contributed by atoms with van der Waals surface area (Å²) < 4.78 is 5.24. The van der Waals surface area contributed by atoms with Crippen molar-refractivity contribution in [2.45, 2.75) is 39.3 Å². The molecule has 2 bridgehead atoms. The van der Waals surface area contributed by atoms with E-state index in [4.69, 9.17) is 9.78 Å². The van der Waals surface area contributed by atoms with Gasteiger partial charge < -0.3 is 14.3 Å². The Hall–Kier alpha value is -3.21. The third-order valence-electron chi connectivity index (χ3n) is 5.72. The van der Waals surface area contributed by atoms with Gasteiger partial charge in [-0.05, 0) is 38.8 Å². The van der Waals surface area contributed by atoms with Gasteiger partial charge in [0, 0.05) is 30.9 Å². The second kappa shape index (κ2) is 7.08. The summed E-state index contributed by atoms with van der Waals surface area (Å²) >= 11 is 0. The number of nitriles is 1. The lowest BCUT2D eigenvalue weighted by molar-refractivity contribution is -0.140. The minimum atomic E-state index is -0.200. The number of nitrogens with zero attached hydrogens (tertiary/aromatic N) is 5. The molecule has 5 rings (SSSR count). The van der Waals surface area contributed by atoms with Crippen LogP contribution in [0.1, 0.15) is 45.9 Å². The van der Waals surface area contributed by atoms with Crippen LogP contribution < -0.4 is 0 Å². The van der Waals surface area contributed by atoms with Crippen molar-refractivity contribution in [1.29, 1.82) is 5.26 Å². The van der Waals surface area contributed by atoms with Gasteiger partial charge >= 0.3 is 0 Å². The molecule has 3 aliphatic rings. The smallest absolute Gasteiger partial charge is 0.255 e. The summed E-state index contributed by atoms with van der Waals surface area (Å²) in [6, 6.07) is 5.07. The van der Waals surface area contributed by atoms with Crippen LogP contribution in [-0.2, 0) is 11.3 Å². The topological polar surface area (TPSA) is 103 Å². The third kappa shape index (κ3) is 3.13. The molecule has 0 aliphatic carbocycles. The van der Waals surface area contributed by atoms with Gasteiger partial charge in [0.15, 0.2) is 0 Å². The fraction of sp³-hybridized carbons (Fsp3) is 0.450. The number of amides is 2. The molecule has 0 N–H and O–H groups in total. The van der Waals surface area contributed by atoms with E-state index < -0.39 is 0 Å². The Balaban J connectivity index is 1.56. The SMILES string of the molecule is Cc1noc(C)c1CN1C(=O)[C@H]2CC[C@@H]1CN(C(=O)c1ccc(C#N)nc1)C2. The Morgan fingerprint density at radius 1 is 1.32 bits per heavy atom. The zero-order valence-electron chi connectivity index (χ0n) is 15.9. The van der Waals surface area contributed by atoms with Gasteiger partial charge in [-0.15, -0.1) is 0 Å². The quantitative estimate of drug-likeness (QED) is 0.806. The van der Waals surface area contributed by atoms with E-state index in [1.807, 2.05) is 24.8 Å². The van der Waals surface area contributed by atoms with Crippen LogP contribution in [0.25, 0.3) is 0 Å². The lowest BCUT2D eigenvalue weighted by Crippen LogP contribution is -2.47. The number of rotatable bonds is 3. The van der Waals surface area contributed by atoms with Crippen LogP contribution in [0.2, 0.25) is 0 Å². The maximum atomic E-state index is 13.0. The minimum absolute atomic E-state index is 0.0322. The molecule has 0 unspecified atom stereocenters.